The Labute approximate surface area is 138 Å². The van der Waals surface area contributed by atoms with Gasteiger partial charge in [0.1, 0.15) is 11.4 Å². The third-order valence-electron chi connectivity index (χ3n) is 4.23. The molecule has 2 aromatic heterocycles. The normalized spacial score (nSPS) is 21.8. The van der Waals surface area contributed by atoms with E-state index in [1.165, 1.54) is 22.2 Å². The number of nitrogens with zero attached hydrogens (tertiary/aromatic N) is 3. The zero-order chi connectivity index (χ0) is 16.7. The lowest BCUT2D eigenvalue weighted by atomic mass is 10.2. The van der Waals surface area contributed by atoms with Crippen molar-refractivity contribution in [3.8, 4) is 0 Å². The van der Waals surface area contributed by atoms with E-state index < -0.39 is 0 Å². The summed E-state index contributed by atoms with van der Waals surface area (Å²) in [6.07, 6.45) is 1.51. The molecule has 1 amide bonds. The minimum Gasteiger partial charge on any atom is -0.372 e. The van der Waals surface area contributed by atoms with Crippen molar-refractivity contribution in [2.75, 3.05) is 13.1 Å². The molecule has 1 aliphatic rings. The number of rotatable bonds is 2. The van der Waals surface area contributed by atoms with Crippen LogP contribution in [0, 0.1) is 13.8 Å². The molecule has 2 atom stereocenters. The highest BCUT2D eigenvalue weighted by atomic mass is 32.1. The van der Waals surface area contributed by atoms with Gasteiger partial charge in [0.25, 0.3) is 5.56 Å². The first-order chi connectivity index (χ1) is 10.9. The Morgan fingerprint density at radius 3 is 2.65 bits per heavy atom. The summed E-state index contributed by atoms with van der Waals surface area (Å²) < 4.78 is 7.05. The molecular weight excluding hydrogens is 314 g/mol. The second-order valence-corrected chi connectivity index (χ2v) is 7.40. The van der Waals surface area contributed by atoms with Crippen LogP contribution in [0.3, 0.4) is 0 Å². The molecule has 0 N–H and O–H groups in total. The molecule has 23 heavy (non-hydrogen) atoms. The van der Waals surface area contributed by atoms with Gasteiger partial charge in [-0.2, -0.15) is 0 Å². The van der Waals surface area contributed by atoms with Gasteiger partial charge in [-0.05, 0) is 33.3 Å². The molecule has 3 rings (SSSR count). The second-order valence-electron chi connectivity index (χ2n) is 6.20. The number of morpholine rings is 1. The molecule has 1 saturated heterocycles. The van der Waals surface area contributed by atoms with Crippen LogP contribution in [-0.4, -0.2) is 45.7 Å². The summed E-state index contributed by atoms with van der Waals surface area (Å²) in [6.45, 7) is 8.95. The predicted octanol–water partition coefficient (Wildman–Crippen LogP) is 1.71. The molecule has 6 nitrogen and oxygen atoms in total. The summed E-state index contributed by atoms with van der Waals surface area (Å²) in [5.74, 6) is -0.0696. The number of carbonyl (C=O) groups is 1. The number of ether oxygens (including phenoxy) is 1. The highest BCUT2D eigenvalue weighted by Gasteiger charge is 2.26. The second kappa shape index (κ2) is 6.05. The van der Waals surface area contributed by atoms with Crippen LogP contribution in [0.25, 0.3) is 10.2 Å². The number of aromatic nitrogens is 2. The Bertz CT molecular complexity index is 801. The maximum absolute atomic E-state index is 12.6. The van der Waals surface area contributed by atoms with Crippen molar-refractivity contribution in [1.82, 2.24) is 14.5 Å². The first-order valence-corrected chi connectivity index (χ1v) is 8.57. The topological polar surface area (TPSA) is 64.4 Å². The molecule has 2 aromatic rings. The lowest BCUT2D eigenvalue weighted by Gasteiger charge is -2.35. The van der Waals surface area contributed by atoms with Gasteiger partial charge in [0.2, 0.25) is 5.91 Å². The first kappa shape index (κ1) is 16.1. The Hall–Kier alpha value is -1.73. The number of thiophene rings is 1. The van der Waals surface area contributed by atoms with Crippen LogP contribution < -0.4 is 5.56 Å². The summed E-state index contributed by atoms with van der Waals surface area (Å²) >= 11 is 1.51. The molecule has 0 aromatic carbocycles. The molecule has 0 bridgehead atoms. The van der Waals surface area contributed by atoms with Gasteiger partial charge >= 0.3 is 0 Å². The minimum absolute atomic E-state index is 0.0156. The molecule has 0 spiro atoms. The van der Waals surface area contributed by atoms with Gasteiger partial charge in [0, 0.05) is 18.0 Å². The van der Waals surface area contributed by atoms with Gasteiger partial charge in [-0.3, -0.25) is 14.2 Å². The van der Waals surface area contributed by atoms with E-state index in [0.29, 0.717) is 18.5 Å². The third kappa shape index (κ3) is 3.03. The highest BCUT2D eigenvalue weighted by Crippen LogP contribution is 2.25. The number of aryl methyl sites for hydroxylation is 2. The maximum atomic E-state index is 12.6. The number of hydrogen-bond acceptors (Lipinski definition) is 5. The maximum Gasteiger partial charge on any atom is 0.262 e. The molecule has 0 saturated carbocycles. The van der Waals surface area contributed by atoms with Gasteiger partial charge in [0.05, 0.1) is 23.9 Å². The monoisotopic (exact) mass is 335 g/mol. The van der Waals surface area contributed by atoms with Crippen molar-refractivity contribution in [1.29, 1.82) is 0 Å². The van der Waals surface area contributed by atoms with Crippen molar-refractivity contribution >= 4 is 27.5 Å². The summed E-state index contributed by atoms with van der Waals surface area (Å²) in [4.78, 5) is 33.1. The van der Waals surface area contributed by atoms with Crippen molar-refractivity contribution in [3.63, 3.8) is 0 Å². The van der Waals surface area contributed by atoms with Crippen molar-refractivity contribution < 1.29 is 9.53 Å². The fourth-order valence-electron chi connectivity index (χ4n) is 3.01. The summed E-state index contributed by atoms with van der Waals surface area (Å²) in [6, 6.07) is 0. The van der Waals surface area contributed by atoms with E-state index in [9.17, 15) is 9.59 Å². The van der Waals surface area contributed by atoms with Crippen molar-refractivity contribution in [2.45, 2.75) is 46.4 Å². The largest absolute Gasteiger partial charge is 0.372 e. The quantitative estimate of drug-likeness (QED) is 0.838. The fraction of sp³-hybridized carbons (Fsp3) is 0.562. The van der Waals surface area contributed by atoms with Crippen LogP contribution in [-0.2, 0) is 16.1 Å². The molecule has 1 aliphatic heterocycles. The Kier molecular flexibility index (Phi) is 4.25. The van der Waals surface area contributed by atoms with E-state index >= 15 is 0 Å². The van der Waals surface area contributed by atoms with Gasteiger partial charge in [-0.25, -0.2) is 4.98 Å². The molecule has 3 heterocycles. The fourth-order valence-corrected chi connectivity index (χ4v) is 4.00. The molecular formula is C16H21N3O3S. The van der Waals surface area contributed by atoms with Crippen LogP contribution in [0.5, 0.6) is 0 Å². The highest BCUT2D eigenvalue weighted by molar-refractivity contribution is 7.18. The van der Waals surface area contributed by atoms with E-state index in [0.717, 1.165) is 15.3 Å². The molecule has 2 unspecified atom stereocenters. The van der Waals surface area contributed by atoms with E-state index in [1.807, 2.05) is 27.7 Å². The van der Waals surface area contributed by atoms with Gasteiger partial charge in [-0.15, -0.1) is 11.3 Å². The van der Waals surface area contributed by atoms with Crippen molar-refractivity contribution in [3.05, 3.63) is 27.1 Å². The standard InChI is InChI=1S/C16H21N3O3S/c1-9-5-18(6-10(2)22-9)13(20)7-19-8-17-15-14(16(19)21)11(3)12(4)23-15/h8-10H,5-7H2,1-4H3. The van der Waals surface area contributed by atoms with Crippen LogP contribution in [0.2, 0.25) is 0 Å². The van der Waals surface area contributed by atoms with Crippen LogP contribution in [0.15, 0.2) is 11.1 Å². The molecule has 0 radical (unpaired) electrons. The summed E-state index contributed by atoms with van der Waals surface area (Å²) in [5.41, 5.74) is 0.817. The molecule has 1 fully saturated rings. The smallest absolute Gasteiger partial charge is 0.262 e. The van der Waals surface area contributed by atoms with Crippen molar-refractivity contribution in [2.24, 2.45) is 0 Å². The van der Waals surface area contributed by atoms with Crippen LogP contribution >= 0.6 is 11.3 Å². The van der Waals surface area contributed by atoms with E-state index in [1.54, 1.807) is 4.90 Å². The summed E-state index contributed by atoms with van der Waals surface area (Å²) in [5, 5.41) is 0.631. The number of carbonyl (C=O) groups excluding carboxylic acids is 1. The zero-order valence-corrected chi connectivity index (χ0v) is 14.6. The predicted molar refractivity (Wildman–Crippen MR) is 89.9 cm³/mol. The van der Waals surface area contributed by atoms with Gasteiger partial charge in [-0.1, -0.05) is 0 Å². The third-order valence-corrected chi connectivity index (χ3v) is 5.35. The van der Waals surface area contributed by atoms with E-state index in [4.69, 9.17) is 4.74 Å². The van der Waals surface area contributed by atoms with E-state index in [-0.39, 0.29) is 30.2 Å². The summed E-state index contributed by atoms with van der Waals surface area (Å²) in [7, 11) is 0. The Morgan fingerprint density at radius 1 is 1.35 bits per heavy atom. The SMILES string of the molecule is Cc1sc2ncn(CC(=O)N3CC(C)OC(C)C3)c(=O)c2c1C. The number of fused-ring (bicyclic) bond motifs is 1. The first-order valence-electron chi connectivity index (χ1n) is 7.75. The lowest BCUT2D eigenvalue weighted by molar-refractivity contribution is -0.143. The average Bonchev–Trinajstić information content (AvgIpc) is 2.77. The average molecular weight is 335 g/mol. The zero-order valence-electron chi connectivity index (χ0n) is 13.8. The molecule has 7 heteroatoms. The van der Waals surface area contributed by atoms with Crippen LogP contribution in [0.4, 0.5) is 0 Å². The Balaban J connectivity index is 1.87. The van der Waals surface area contributed by atoms with Gasteiger partial charge < -0.3 is 9.64 Å². The molecule has 124 valence electrons. The number of amides is 1. The van der Waals surface area contributed by atoms with Gasteiger partial charge in [0.15, 0.2) is 0 Å². The minimum atomic E-state index is -0.139. The Morgan fingerprint density at radius 2 is 2.00 bits per heavy atom. The van der Waals surface area contributed by atoms with Crippen LogP contribution in [0.1, 0.15) is 24.3 Å². The van der Waals surface area contributed by atoms with E-state index in [2.05, 4.69) is 4.98 Å². The number of hydrogen-bond donors (Lipinski definition) is 0. The lowest BCUT2D eigenvalue weighted by Crippen LogP contribution is -2.49. The molecule has 0 aliphatic carbocycles.